The fourth-order valence-electron chi connectivity index (χ4n) is 4.03. The summed E-state index contributed by atoms with van der Waals surface area (Å²) in [7, 11) is 1.72. The van der Waals surface area contributed by atoms with Crippen LogP contribution >= 0.6 is 0 Å². The number of hydrogen-bond acceptors (Lipinski definition) is 3. The molecule has 5 heteroatoms. The van der Waals surface area contributed by atoms with Crippen molar-refractivity contribution in [1.29, 1.82) is 0 Å². The van der Waals surface area contributed by atoms with Crippen LogP contribution in [0.4, 0.5) is 0 Å². The summed E-state index contributed by atoms with van der Waals surface area (Å²) in [6.07, 6.45) is 7.30. The molecule has 2 aromatic carbocycles. The lowest BCUT2D eigenvalue weighted by atomic mass is 9.80. The van der Waals surface area contributed by atoms with E-state index in [2.05, 4.69) is 33.5 Å². The van der Waals surface area contributed by atoms with E-state index < -0.39 is 0 Å². The first-order valence-corrected chi connectivity index (χ1v) is 9.63. The SMILES string of the molecule is COc1ccc2c(c1)C(CCCNC(=O)c1ccc3nc[nH]c3c1)CCC2.[HH]. The van der Waals surface area contributed by atoms with Gasteiger partial charge in [-0.2, -0.15) is 0 Å². The number of fused-ring (bicyclic) bond motifs is 2. The number of aryl methyl sites for hydroxylation is 1. The zero-order valence-electron chi connectivity index (χ0n) is 15.6. The second-order valence-electron chi connectivity index (χ2n) is 7.19. The predicted octanol–water partition coefficient (Wildman–Crippen LogP) is 4.45. The highest BCUT2D eigenvalue weighted by Gasteiger charge is 2.20. The normalized spacial score (nSPS) is 16.1. The number of methoxy groups -OCH3 is 1. The Kier molecular flexibility index (Phi) is 5.10. The number of rotatable bonds is 6. The number of aromatic amines is 1. The summed E-state index contributed by atoms with van der Waals surface area (Å²) >= 11 is 0. The average molecular weight is 365 g/mol. The molecule has 0 fully saturated rings. The van der Waals surface area contributed by atoms with Crippen LogP contribution in [0, 0.1) is 0 Å². The maximum absolute atomic E-state index is 12.4. The quantitative estimate of drug-likeness (QED) is 0.634. The van der Waals surface area contributed by atoms with Gasteiger partial charge in [0.05, 0.1) is 24.5 Å². The van der Waals surface area contributed by atoms with E-state index in [4.69, 9.17) is 4.74 Å². The smallest absolute Gasteiger partial charge is 0.251 e. The van der Waals surface area contributed by atoms with Gasteiger partial charge >= 0.3 is 0 Å². The van der Waals surface area contributed by atoms with Gasteiger partial charge in [0, 0.05) is 13.5 Å². The molecule has 0 saturated heterocycles. The second-order valence-corrected chi connectivity index (χ2v) is 7.19. The molecule has 1 unspecified atom stereocenters. The Hall–Kier alpha value is -2.82. The van der Waals surface area contributed by atoms with E-state index in [9.17, 15) is 4.79 Å². The molecule has 5 nitrogen and oxygen atoms in total. The summed E-state index contributed by atoms with van der Waals surface area (Å²) < 4.78 is 5.40. The lowest BCUT2D eigenvalue weighted by Crippen LogP contribution is -2.25. The standard InChI is InChI=1S/C22H25N3O2.H2/c1-27-18-9-7-16-5-2-4-15(19(16)13-18)6-3-11-23-22(26)17-8-10-20-21(12-17)25-14-24-20;/h7-10,12-15H,2-6,11H2,1H3,(H,23,26)(H,24,25);1H. The van der Waals surface area contributed by atoms with Crippen LogP contribution in [0.5, 0.6) is 5.75 Å². The fraction of sp³-hybridized carbons (Fsp3) is 0.364. The van der Waals surface area contributed by atoms with Crippen molar-refractivity contribution in [3.8, 4) is 5.75 Å². The first-order valence-electron chi connectivity index (χ1n) is 9.63. The first-order chi connectivity index (χ1) is 13.2. The van der Waals surface area contributed by atoms with Gasteiger partial charge in [-0.05, 0) is 79.5 Å². The van der Waals surface area contributed by atoms with Crippen LogP contribution in [0.25, 0.3) is 11.0 Å². The summed E-state index contributed by atoms with van der Waals surface area (Å²) in [6.45, 7) is 0.690. The van der Waals surface area contributed by atoms with Gasteiger partial charge in [-0.3, -0.25) is 4.79 Å². The molecule has 2 N–H and O–H groups in total. The van der Waals surface area contributed by atoms with Crippen molar-refractivity contribution in [2.75, 3.05) is 13.7 Å². The van der Waals surface area contributed by atoms with Crippen LogP contribution in [0.15, 0.2) is 42.7 Å². The lowest BCUT2D eigenvalue weighted by Gasteiger charge is -2.26. The van der Waals surface area contributed by atoms with Gasteiger partial charge in [-0.25, -0.2) is 4.98 Å². The maximum Gasteiger partial charge on any atom is 0.251 e. The zero-order chi connectivity index (χ0) is 18.6. The molecule has 0 radical (unpaired) electrons. The molecule has 0 saturated carbocycles. The molecule has 1 amide bonds. The number of carbonyl (C=O) groups is 1. The molecule has 27 heavy (non-hydrogen) atoms. The highest BCUT2D eigenvalue weighted by atomic mass is 16.5. The molecule has 142 valence electrons. The van der Waals surface area contributed by atoms with Crippen LogP contribution in [-0.4, -0.2) is 29.5 Å². The number of amides is 1. The number of benzene rings is 2. The molecular weight excluding hydrogens is 338 g/mol. The third kappa shape index (κ3) is 3.82. The Morgan fingerprint density at radius 3 is 3.15 bits per heavy atom. The van der Waals surface area contributed by atoms with E-state index in [1.54, 1.807) is 13.4 Å². The van der Waals surface area contributed by atoms with Gasteiger partial charge < -0.3 is 15.0 Å². The highest BCUT2D eigenvalue weighted by Crippen LogP contribution is 2.36. The van der Waals surface area contributed by atoms with Crippen molar-refractivity contribution < 1.29 is 11.0 Å². The summed E-state index contributed by atoms with van der Waals surface area (Å²) in [5.41, 5.74) is 5.30. The minimum atomic E-state index is -0.0304. The average Bonchev–Trinajstić information content (AvgIpc) is 3.18. The van der Waals surface area contributed by atoms with Crippen LogP contribution in [0.1, 0.15) is 54.5 Å². The Balaban J connectivity index is 0.00000225. The number of H-pyrrole nitrogens is 1. The number of ether oxygens (including phenoxy) is 1. The number of aromatic nitrogens is 2. The third-order valence-corrected chi connectivity index (χ3v) is 5.49. The molecule has 1 aliphatic rings. The van der Waals surface area contributed by atoms with Crippen LogP contribution in [0.3, 0.4) is 0 Å². The number of imidazole rings is 1. The fourth-order valence-corrected chi connectivity index (χ4v) is 4.03. The van der Waals surface area contributed by atoms with Gasteiger partial charge in [0.2, 0.25) is 0 Å². The van der Waals surface area contributed by atoms with Crippen LogP contribution in [0.2, 0.25) is 0 Å². The lowest BCUT2D eigenvalue weighted by molar-refractivity contribution is 0.0953. The molecule has 1 aromatic heterocycles. The van der Waals surface area contributed by atoms with Crippen molar-refractivity contribution in [3.05, 3.63) is 59.4 Å². The van der Waals surface area contributed by atoms with E-state index in [1.807, 2.05) is 18.2 Å². The largest absolute Gasteiger partial charge is 0.497 e. The molecule has 3 aromatic rings. The number of hydrogen-bond donors (Lipinski definition) is 2. The van der Waals surface area contributed by atoms with E-state index in [0.29, 0.717) is 18.0 Å². The monoisotopic (exact) mass is 365 g/mol. The zero-order valence-corrected chi connectivity index (χ0v) is 15.6. The van der Waals surface area contributed by atoms with Gasteiger partial charge in [0.25, 0.3) is 5.91 Å². The Morgan fingerprint density at radius 2 is 2.26 bits per heavy atom. The van der Waals surface area contributed by atoms with E-state index in [1.165, 1.54) is 24.0 Å². The molecule has 0 bridgehead atoms. The van der Waals surface area contributed by atoms with E-state index in [0.717, 1.165) is 36.0 Å². The van der Waals surface area contributed by atoms with Gasteiger partial charge in [-0.15, -0.1) is 0 Å². The summed E-state index contributed by atoms with van der Waals surface area (Å²) in [6, 6.07) is 12.0. The minimum absolute atomic E-state index is 0. The van der Waals surface area contributed by atoms with Crippen molar-refractivity contribution in [1.82, 2.24) is 15.3 Å². The third-order valence-electron chi connectivity index (χ3n) is 5.49. The minimum Gasteiger partial charge on any atom is -0.497 e. The molecule has 1 aliphatic carbocycles. The maximum atomic E-state index is 12.4. The Bertz CT molecular complexity index is 954. The predicted molar refractivity (Wildman–Crippen MR) is 108 cm³/mol. The topological polar surface area (TPSA) is 67.0 Å². The number of nitrogens with zero attached hydrogens (tertiary/aromatic N) is 1. The van der Waals surface area contributed by atoms with Crippen molar-refractivity contribution in [2.24, 2.45) is 0 Å². The summed E-state index contributed by atoms with van der Waals surface area (Å²) in [4.78, 5) is 19.6. The summed E-state index contributed by atoms with van der Waals surface area (Å²) in [5.74, 6) is 1.46. The second kappa shape index (κ2) is 7.82. The molecule has 1 atom stereocenters. The van der Waals surface area contributed by atoms with Crippen molar-refractivity contribution in [3.63, 3.8) is 0 Å². The van der Waals surface area contributed by atoms with Crippen LogP contribution in [-0.2, 0) is 6.42 Å². The molecule has 1 heterocycles. The summed E-state index contributed by atoms with van der Waals surface area (Å²) in [5, 5.41) is 3.04. The Labute approximate surface area is 160 Å². The van der Waals surface area contributed by atoms with Crippen molar-refractivity contribution in [2.45, 2.75) is 38.0 Å². The van der Waals surface area contributed by atoms with Gasteiger partial charge in [0.15, 0.2) is 0 Å². The molecule has 4 rings (SSSR count). The van der Waals surface area contributed by atoms with Crippen molar-refractivity contribution >= 4 is 16.9 Å². The van der Waals surface area contributed by atoms with Gasteiger partial charge in [0.1, 0.15) is 5.75 Å². The first kappa shape index (κ1) is 17.6. The molecule has 0 aliphatic heterocycles. The van der Waals surface area contributed by atoms with E-state index >= 15 is 0 Å². The van der Waals surface area contributed by atoms with Gasteiger partial charge in [-0.1, -0.05) is 6.07 Å². The molecular formula is C22H27N3O2. The van der Waals surface area contributed by atoms with E-state index in [-0.39, 0.29) is 7.33 Å². The highest BCUT2D eigenvalue weighted by molar-refractivity contribution is 5.97. The number of nitrogens with one attached hydrogen (secondary N) is 2. The van der Waals surface area contributed by atoms with Crippen LogP contribution < -0.4 is 10.1 Å². The molecule has 0 spiro atoms. The Morgan fingerprint density at radius 1 is 1.33 bits per heavy atom. The number of carbonyl (C=O) groups excluding carboxylic acids is 1.